The zero-order chi connectivity index (χ0) is 13.1. The lowest BCUT2D eigenvalue weighted by Crippen LogP contribution is -2.05. The Kier molecular flexibility index (Phi) is 4.04. The lowest BCUT2D eigenvalue weighted by Gasteiger charge is -2.08. The van der Waals surface area contributed by atoms with Gasteiger partial charge >= 0.3 is 5.97 Å². The zero-order valence-corrected chi connectivity index (χ0v) is 11.8. The van der Waals surface area contributed by atoms with Gasteiger partial charge in [0.25, 0.3) is 0 Å². The monoisotopic (exact) mass is 279 g/mol. The Hall–Kier alpha value is -1.33. The number of rotatable bonds is 4. The predicted octanol–water partition coefficient (Wildman–Crippen LogP) is 3.75. The van der Waals surface area contributed by atoms with Crippen molar-refractivity contribution in [3.8, 4) is 0 Å². The molecule has 0 aromatic carbocycles. The van der Waals surface area contributed by atoms with Crippen molar-refractivity contribution >= 4 is 29.1 Å². The lowest BCUT2D eigenvalue weighted by molar-refractivity contribution is 0.0691. The second kappa shape index (κ2) is 5.54. The third-order valence-corrected chi connectivity index (χ3v) is 4.26. The van der Waals surface area contributed by atoms with Crippen LogP contribution in [0.2, 0.25) is 0 Å². The first-order chi connectivity index (χ1) is 8.58. The smallest absolute Gasteiger partial charge is 0.338 e. The fourth-order valence-corrected chi connectivity index (χ4v) is 3.55. The third kappa shape index (κ3) is 2.91. The summed E-state index contributed by atoms with van der Waals surface area (Å²) < 4.78 is 0. The summed E-state index contributed by atoms with van der Waals surface area (Å²) in [5.41, 5.74) is 3.14. The maximum atomic E-state index is 11.3. The Morgan fingerprint density at radius 1 is 1.50 bits per heavy atom. The van der Waals surface area contributed by atoms with Crippen molar-refractivity contribution in [2.45, 2.75) is 24.6 Å². The van der Waals surface area contributed by atoms with E-state index in [1.54, 1.807) is 17.4 Å². The predicted molar refractivity (Wildman–Crippen MR) is 74.6 cm³/mol. The largest absolute Gasteiger partial charge is 0.478 e. The van der Waals surface area contributed by atoms with Gasteiger partial charge in [-0.1, -0.05) is 0 Å². The van der Waals surface area contributed by atoms with E-state index in [1.807, 2.05) is 25.3 Å². The topological polar surface area (TPSA) is 50.2 Å². The summed E-state index contributed by atoms with van der Waals surface area (Å²) in [5, 5.41) is 13.9. The molecule has 0 spiro atoms. The maximum absolute atomic E-state index is 11.3. The fraction of sp³-hybridized carbons (Fsp3) is 0.231. The first-order valence-corrected chi connectivity index (χ1v) is 7.36. The quantitative estimate of drug-likeness (QED) is 0.866. The van der Waals surface area contributed by atoms with Crippen molar-refractivity contribution in [3.05, 3.63) is 45.3 Å². The number of hydrogen-bond donors (Lipinski definition) is 1. The van der Waals surface area contributed by atoms with Crippen LogP contribution >= 0.6 is 23.1 Å². The number of thiophene rings is 1. The molecule has 2 rings (SSSR count). The molecule has 2 aromatic heterocycles. The Morgan fingerprint density at radius 2 is 2.28 bits per heavy atom. The van der Waals surface area contributed by atoms with E-state index in [4.69, 9.17) is 0 Å². The molecule has 0 bridgehead atoms. The SMILES string of the molecule is Cc1cc(C)c(C(=O)O)c(SCc2ccsc2)n1. The zero-order valence-electron chi connectivity index (χ0n) is 10.1. The van der Waals surface area contributed by atoms with Gasteiger partial charge in [-0.3, -0.25) is 0 Å². The summed E-state index contributed by atoms with van der Waals surface area (Å²) in [4.78, 5) is 15.6. The van der Waals surface area contributed by atoms with Crippen LogP contribution in [0.3, 0.4) is 0 Å². The van der Waals surface area contributed by atoms with E-state index in [9.17, 15) is 9.90 Å². The molecule has 0 aliphatic rings. The molecule has 0 atom stereocenters. The number of thioether (sulfide) groups is 1. The van der Waals surface area contributed by atoms with Gasteiger partial charge in [0, 0.05) is 11.4 Å². The highest BCUT2D eigenvalue weighted by Gasteiger charge is 2.16. The molecule has 0 aliphatic carbocycles. The van der Waals surface area contributed by atoms with Crippen molar-refractivity contribution in [3.63, 3.8) is 0 Å². The second-order valence-electron chi connectivity index (χ2n) is 3.99. The number of hydrogen-bond acceptors (Lipinski definition) is 4. The summed E-state index contributed by atoms with van der Waals surface area (Å²) in [6.07, 6.45) is 0. The number of nitrogens with zero attached hydrogens (tertiary/aromatic N) is 1. The summed E-state index contributed by atoms with van der Waals surface area (Å²) >= 11 is 3.12. The standard InChI is InChI=1S/C13H13NO2S2/c1-8-5-9(2)14-12(11(8)13(15)16)18-7-10-3-4-17-6-10/h3-6H,7H2,1-2H3,(H,15,16). The van der Waals surface area contributed by atoms with E-state index in [1.165, 1.54) is 17.3 Å². The molecule has 2 aromatic rings. The molecule has 3 nitrogen and oxygen atoms in total. The molecule has 0 radical (unpaired) electrons. The Balaban J connectivity index is 2.28. The Morgan fingerprint density at radius 3 is 2.89 bits per heavy atom. The van der Waals surface area contributed by atoms with Gasteiger partial charge in [0.2, 0.25) is 0 Å². The highest BCUT2D eigenvalue weighted by molar-refractivity contribution is 7.98. The number of carboxylic acids is 1. The van der Waals surface area contributed by atoms with Gasteiger partial charge in [-0.2, -0.15) is 11.3 Å². The van der Waals surface area contributed by atoms with Gasteiger partial charge in [-0.15, -0.1) is 11.8 Å². The minimum Gasteiger partial charge on any atom is -0.478 e. The van der Waals surface area contributed by atoms with Crippen LogP contribution in [-0.4, -0.2) is 16.1 Å². The van der Waals surface area contributed by atoms with Crippen LogP contribution in [0.25, 0.3) is 0 Å². The number of carboxylic acid groups (broad SMARTS) is 1. The normalized spacial score (nSPS) is 10.6. The van der Waals surface area contributed by atoms with E-state index in [0.29, 0.717) is 10.6 Å². The summed E-state index contributed by atoms with van der Waals surface area (Å²) in [6, 6.07) is 3.85. The Labute approximate surface area is 114 Å². The number of aromatic nitrogens is 1. The number of pyridine rings is 1. The van der Waals surface area contributed by atoms with Gasteiger partial charge < -0.3 is 5.11 Å². The Bertz CT molecular complexity index is 565. The van der Waals surface area contributed by atoms with Crippen molar-refractivity contribution < 1.29 is 9.90 Å². The van der Waals surface area contributed by atoms with Crippen LogP contribution in [0.15, 0.2) is 27.9 Å². The fourth-order valence-electron chi connectivity index (χ4n) is 1.69. The molecular weight excluding hydrogens is 266 g/mol. The van der Waals surface area contributed by atoms with Crippen molar-refractivity contribution in [1.29, 1.82) is 0 Å². The molecular formula is C13H13NO2S2. The van der Waals surface area contributed by atoms with Crippen LogP contribution < -0.4 is 0 Å². The molecule has 18 heavy (non-hydrogen) atoms. The van der Waals surface area contributed by atoms with E-state index >= 15 is 0 Å². The van der Waals surface area contributed by atoms with Gasteiger partial charge in [-0.05, 0) is 47.9 Å². The highest BCUT2D eigenvalue weighted by Crippen LogP contribution is 2.27. The average Bonchev–Trinajstić information content (AvgIpc) is 2.77. The third-order valence-electron chi connectivity index (χ3n) is 2.48. The number of carbonyl (C=O) groups is 1. The minimum absolute atomic E-state index is 0.320. The molecule has 0 amide bonds. The minimum atomic E-state index is -0.909. The van der Waals surface area contributed by atoms with E-state index in [-0.39, 0.29) is 0 Å². The molecule has 2 heterocycles. The average molecular weight is 279 g/mol. The summed E-state index contributed by atoms with van der Waals surface area (Å²) in [6.45, 7) is 3.69. The van der Waals surface area contributed by atoms with Gasteiger partial charge in [-0.25, -0.2) is 9.78 Å². The molecule has 0 aliphatic heterocycles. The van der Waals surface area contributed by atoms with Crippen LogP contribution in [0.5, 0.6) is 0 Å². The second-order valence-corrected chi connectivity index (χ2v) is 5.73. The number of aromatic carboxylic acids is 1. The maximum Gasteiger partial charge on any atom is 0.338 e. The number of aryl methyl sites for hydroxylation is 2. The van der Waals surface area contributed by atoms with Gasteiger partial charge in [0.1, 0.15) is 5.03 Å². The van der Waals surface area contributed by atoms with Crippen LogP contribution in [0.4, 0.5) is 0 Å². The van der Waals surface area contributed by atoms with Gasteiger partial charge in [0.15, 0.2) is 0 Å². The summed E-state index contributed by atoms with van der Waals surface area (Å²) in [7, 11) is 0. The van der Waals surface area contributed by atoms with E-state index < -0.39 is 5.97 Å². The first-order valence-electron chi connectivity index (χ1n) is 5.43. The lowest BCUT2D eigenvalue weighted by atomic mass is 10.1. The molecule has 0 saturated heterocycles. The van der Waals surface area contributed by atoms with Crippen molar-refractivity contribution in [2.24, 2.45) is 0 Å². The molecule has 1 N–H and O–H groups in total. The van der Waals surface area contributed by atoms with Crippen LogP contribution in [0.1, 0.15) is 27.2 Å². The van der Waals surface area contributed by atoms with Crippen molar-refractivity contribution in [2.75, 3.05) is 0 Å². The van der Waals surface area contributed by atoms with Crippen LogP contribution in [-0.2, 0) is 5.75 Å². The molecule has 0 unspecified atom stereocenters. The van der Waals surface area contributed by atoms with Crippen molar-refractivity contribution in [1.82, 2.24) is 4.98 Å². The molecule has 0 saturated carbocycles. The molecule has 5 heteroatoms. The highest BCUT2D eigenvalue weighted by atomic mass is 32.2. The molecule has 0 fully saturated rings. The van der Waals surface area contributed by atoms with Crippen LogP contribution in [0, 0.1) is 13.8 Å². The van der Waals surface area contributed by atoms with Gasteiger partial charge in [0.05, 0.1) is 5.56 Å². The first kappa shape index (κ1) is 13.1. The molecule has 94 valence electrons. The van der Waals surface area contributed by atoms with E-state index in [2.05, 4.69) is 10.4 Å². The summed E-state index contributed by atoms with van der Waals surface area (Å²) in [5.74, 6) is -0.160. The van der Waals surface area contributed by atoms with E-state index in [0.717, 1.165) is 17.0 Å².